The average molecular weight is 167 g/mol. The predicted octanol–water partition coefficient (Wildman–Crippen LogP) is 2.55. The third-order valence-corrected chi connectivity index (χ3v) is 4.29. The van der Waals surface area contributed by atoms with E-state index in [4.69, 9.17) is 5.73 Å². The summed E-state index contributed by atoms with van der Waals surface area (Å²) in [6.45, 7) is 4.55. The van der Waals surface area contributed by atoms with Crippen LogP contribution in [0.1, 0.15) is 46.0 Å². The molecule has 0 aromatic rings. The minimum absolute atomic E-state index is 0.183. The van der Waals surface area contributed by atoms with E-state index in [-0.39, 0.29) is 5.54 Å². The Balaban J connectivity index is 1.93. The second kappa shape index (κ2) is 2.73. The number of nitrogens with two attached hydrogens (primary N) is 1. The van der Waals surface area contributed by atoms with E-state index in [1.54, 1.807) is 0 Å². The molecule has 0 aromatic heterocycles. The lowest BCUT2D eigenvalue weighted by molar-refractivity contribution is 0.300. The van der Waals surface area contributed by atoms with Gasteiger partial charge in [0.1, 0.15) is 0 Å². The number of rotatable bonds is 1. The van der Waals surface area contributed by atoms with Gasteiger partial charge in [-0.3, -0.25) is 0 Å². The van der Waals surface area contributed by atoms with Gasteiger partial charge in [-0.05, 0) is 24.7 Å². The Labute approximate surface area is 75.7 Å². The average Bonchev–Trinajstić information content (AvgIpc) is 2.53. The maximum Gasteiger partial charge on any atom is 0.0189 e. The molecular formula is C11H21N. The van der Waals surface area contributed by atoms with E-state index < -0.39 is 0 Å². The topological polar surface area (TPSA) is 26.0 Å². The lowest BCUT2D eigenvalue weighted by atomic mass is 9.84. The molecule has 0 radical (unpaired) electrons. The molecule has 1 unspecified atom stereocenters. The summed E-state index contributed by atoms with van der Waals surface area (Å²) >= 11 is 0. The van der Waals surface area contributed by atoms with Crippen molar-refractivity contribution in [1.29, 1.82) is 0 Å². The van der Waals surface area contributed by atoms with Crippen molar-refractivity contribution in [3.05, 3.63) is 0 Å². The molecule has 3 atom stereocenters. The van der Waals surface area contributed by atoms with Crippen molar-refractivity contribution in [2.24, 2.45) is 23.5 Å². The van der Waals surface area contributed by atoms with Gasteiger partial charge in [-0.25, -0.2) is 0 Å². The Morgan fingerprint density at radius 2 is 1.67 bits per heavy atom. The van der Waals surface area contributed by atoms with Gasteiger partial charge in [0.15, 0.2) is 0 Å². The molecule has 0 aliphatic heterocycles. The fraction of sp³-hybridized carbons (Fsp3) is 1.00. The van der Waals surface area contributed by atoms with Crippen LogP contribution in [0.15, 0.2) is 0 Å². The molecule has 0 amide bonds. The third kappa shape index (κ3) is 1.19. The Morgan fingerprint density at radius 3 is 2.08 bits per heavy atom. The van der Waals surface area contributed by atoms with Crippen molar-refractivity contribution in [3.63, 3.8) is 0 Å². The molecule has 1 nitrogen and oxygen atoms in total. The van der Waals surface area contributed by atoms with Crippen LogP contribution in [0, 0.1) is 17.8 Å². The third-order valence-electron chi connectivity index (χ3n) is 4.29. The molecule has 70 valence electrons. The summed E-state index contributed by atoms with van der Waals surface area (Å²) in [5.41, 5.74) is 6.37. The van der Waals surface area contributed by atoms with Gasteiger partial charge in [0, 0.05) is 5.54 Å². The molecule has 2 aliphatic carbocycles. The van der Waals surface area contributed by atoms with Crippen LogP contribution < -0.4 is 5.73 Å². The summed E-state index contributed by atoms with van der Waals surface area (Å²) in [5.74, 6) is 2.59. The standard InChI is InChI=1S/C11H21N/c1-8-10(11(8,2)12)9-6-4-3-5-7-9/h8-10H,3-7,12H2,1-2H3/t8-,10+,11?/m1/s1. The molecule has 2 aliphatic rings. The molecule has 0 bridgehead atoms. The van der Waals surface area contributed by atoms with E-state index in [9.17, 15) is 0 Å². The molecule has 0 spiro atoms. The Morgan fingerprint density at radius 1 is 1.17 bits per heavy atom. The van der Waals surface area contributed by atoms with Crippen LogP contribution in [0.25, 0.3) is 0 Å². The van der Waals surface area contributed by atoms with Crippen LogP contribution in [0.2, 0.25) is 0 Å². The highest BCUT2D eigenvalue weighted by Gasteiger charge is 2.58. The molecule has 0 heterocycles. The normalized spacial score (nSPS) is 49.2. The van der Waals surface area contributed by atoms with Gasteiger partial charge < -0.3 is 5.73 Å². The summed E-state index contributed by atoms with van der Waals surface area (Å²) in [7, 11) is 0. The van der Waals surface area contributed by atoms with Crippen LogP contribution >= 0.6 is 0 Å². The SMILES string of the molecule is C[C@@H]1[C@@H](C2CCCCC2)C1(C)N. The molecule has 1 heteroatoms. The van der Waals surface area contributed by atoms with Crippen LogP contribution in [-0.2, 0) is 0 Å². The molecule has 12 heavy (non-hydrogen) atoms. The van der Waals surface area contributed by atoms with Crippen LogP contribution in [0.3, 0.4) is 0 Å². The first-order chi connectivity index (χ1) is 5.64. The van der Waals surface area contributed by atoms with Crippen LogP contribution in [-0.4, -0.2) is 5.54 Å². The van der Waals surface area contributed by atoms with Gasteiger partial charge in [-0.2, -0.15) is 0 Å². The van der Waals surface area contributed by atoms with Crippen molar-refractivity contribution >= 4 is 0 Å². The van der Waals surface area contributed by atoms with Gasteiger partial charge in [0.2, 0.25) is 0 Å². The van der Waals surface area contributed by atoms with Crippen molar-refractivity contribution in [1.82, 2.24) is 0 Å². The largest absolute Gasteiger partial charge is 0.325 e. The molecular weight excluding hydrogens is 146 g/mol. The predicted molar refractivity (Wildman–Crippen MR) is 51.8 cm³/mol. The number of hydrogen-bond donors (Lipinski definition) is 1. The minimum atomic E-state index is 0.183. The van der Waals surface area contributed by atoms with Crippen molar-refractivity contribution in [2.75, 3.05) is 0 Å². The fourth-order valence-electron chi connectivity index (χ4n) is 3.20. The second-order valence-electron chi connectivity index (χ2n) is 5.08. The van der Waals surface area contributed by atoms with Crippen molar-refractivity contribution in [2.45, 2.75) is 51.5 Å². The zero-order valence-electron chi connectivity index (χ0n) is 8.34. The lowest BCUT2D eigenvalue weighted by Gasteiger charge is -2.22. The molecule has 2 fully saturated rings. The Hall–Kier alpha value is -0.0400. The highest BCUT2D eigenvalue weighted by Crippen LogP contribution is 2.55. The molecule has 2 saturated carbocycles. The van der Waals surface area contributed by atoms with Gasteiger partial charge in [-0.15, -0.1) is 0 Å². The van der Waals surface area contributed by atoms with E-state index in [0.717, 1.165) is 17.8 Å². The molecule has 0 saturated heterocycles. The highest BCUT2D eigenvalue weighted by molar-refractivity contribution is 5.13. The summed E-state index contributed by atoms with van der Waals surface area (Å²) in [6, 6.07) is 0. The van der Waals surface area contributed by atoms with E-state index in [1.165, 1.54) is 32.1 Å². The molecule has 0 aromatic carbocycles. The monoisotopic (exact) mass is 167 g/mol. The first kappa shape index (κ1) is 8.55. The summed E-state index contributed by atoms with van der Waals surface area (Å²) in [4.78, 5) is 0. The second-order valence-corrected chi connectivity index (χ2v) is 5.08. The van der Waals surface area contributed by atoms with Gasteiger partial charge in [-0.1, -0.05) is 39.0 Å². The number of hydrogen-bond acceptors (Lipinski definition) is 1. The highest BCUT2D eigenvalue weighted by atomic mass is 14.9. The van der Waals surface area contributed by atoms with E-state index in [2.05, 4.69) is 13.8 Å². The fourth-order valence-corrected chi connectivity index (χ4v) is 3.20. The summed E-state index contributed by atoms with van der Waals surface area (Å²) in [6.07, 6.45) is 7.25. The van der Waals surface area contributed by atoms with Gasteiger partial charge >= 0.3 is 0 Å². The van der Waals surface area contributed by atoms with Gasteiger partial charge in [0.25, 0.3) is 0 Å². The van der Waals surface area contributed by atoms with E-state index >= 15 is 0 Å². The zero-order valence-corrected chi connectivity index (χ0v) is 8.34. The first-order valence-corrected chi connectivity index (χ1v) is 5.43. The van der Waals surface area contributed by atoms with Crippen molar-refractivity contribution in [3.8, 4) is 0 Å². The van der Waals surface area contributed by atoms with E-state index in [1.807, 2.05) is 0 Å². The zero-order chi connectivity index (χ0) is 8.77. The molecule has 2 N–H and O–H groups in total. The smallest absolute Gasteiger partial charge is 0.0189 e. The quantitative estimate of drug-likeness (QED) is 0.638. The van der Waals surface area contributed by atoms with Crippen LogP contribution in [0.5, 0.6) is 0 Å². The Bertz CT molecular complexity index is 168. The minimum Gasteiger partial charge on any atom is -0.325 e. The molecule has 2 rings (SSSR count). The van der Waals surface area contributed by atoms with Crippen LogP contribution in [0.4, 0.5) is 0 Å². The lowest BCUT2D eigenvalue weighted by Crippen LogP contribution is -2.24. The maximum atomic E-state index is 6.18. The van der Waals surface area contributed by atoms with E-state index in [0.29, 0.717) is 0 Å². The Kier molecular flexibility index (Phi) is 1.95. The van der Waals surface area contributed by atoms with Crippen molar-refractivity contribution < 1.29 is 0 Å². The van der Waals surface area contributed by atoms with Gasteiger partial charge in [0.05, 0.1) is 0 Å². The maximum absolute atomic E-state index is 6.18. The first-order valence-electron chi connectivity index (χ1n) is 5.43. The summed E-state index contributed by atoms with van der Waals surface area (Å²) < 4.78 is 0. The summed E-state index contributed by atoms with van der Waals surface area (Å²) in [5, 5.41) is 0.